The monoisotopic (exact) mass is 424 g/mol. The first-order chi connectivity index (χ1) is 13.7. The van der Waals surface area contributed by atoms with Crippen molar-refractivity contribution >= 4 is 21.6 Å². The molecule has 0 saturated heterocycles. The van der Waals surface area contributed by atoms with Crippen LogP contribution < -0.4 is 9.62 Å². The van der Waals surface area contributed by atoms with Gasteiger partial charge in [0.2, 0.25) is 15.9 Å². The number of halogens is 2. The van der Waals surface area contributed by atoms with Crippen molar-refractivity contribution in [3.8, 4) is 0 Å². The van der Waals surface area contributed by atoms with Crippen molar-refractivity contribution in [3.63, 3.8) is 0 Å². The van der Waals surface area contributed by atoms with Gasteiger partial charge in [-0.25, -0.2) is 17.2 Å². The first-order valence-corrected chi connectivity index (χ1v) is 11.3. The van der Waals surface area contributed by atoms with Gasteiger partial charge in [-0.3, -0.25) is 9.10 Å². The molecule has 0 radical (unpaired) electrons. The van der Waals surface area contributed by atoms with Crippen LogP contribution in [0.5, 0.6) is 0 Å². The zero-order chi connectivity index (χ0) is 21.4. The van der Waals surface area contributed by atoms with Gasteiger partial charge in [0.1, 0.15) is 0 Å². The lowest BCUT2D eigenvalue weighted by Gasteiger charge is -2.22. The lowest BCUT2D eigenvalue weighted by molar-refractivity contribution is -0.121. The molecule has 158 valence electrons. The van der Waals surface area contributed by atoms with Gasteiger partial charge in [0.25, 0.3) is 0 Å². The van der Waals surface area contributed by atoms with Crippen LogP contribution in [0.15, 0.2) is 48.5 Å². The fourth-order valence-corrected chi connectivity index (χ4v) is 3.91. The van der Waals surface area contributed by atoms with Crippen LogP contribution in [0.4, 0.5) is 14.5 Å². The third-order valence-corrected chi connectivity index (χ3v) is 5.67. The molecular formula is C21H26F2N2O3S. The molecule has 2 aromatic carbocycles. The molecule has 29 heavy (non-hydrogen) atoms. The summed E-state index contributed by atoms with van der Waals surface area (Å²) in [5.41, 5.74) is 1.23. The number of rotatable bonds is 10. The Morgan fingerprint density at radius 1 is 1.10 bits per heavy atom. The minimum atomic E-state index is -3.70. The highest BCUT2D eigenvalue weighted by molar-refractivity contribution is 7.92. The standard InChI is InChI=1S/C21H26F2N2O3S/c1-16(10-11-17-7-4-3-5-8-17)24-21(26)9-6-14-25(29(2,27)28)18-12-13-19(22)20(23)15-18/h3-5,7-8,12-13,15-16H,6,9-11,14H2,1-2H3,(H,24,26)/t16-/m0/s1. The second kappa shape index (κ2) is 10.3. The van der Waals surface area contributed by atoms with E-state index in [1.807, 2.05) is 37.3 Å². The quantitative estimate of drug-likeness (QED) is 0.633. The Labute approximate surface area is 170 Å². The normalized spacial score (nSPS) is 12.4. The maximum Gasteiger partial charge on any atom is 0.232 e. The highest BCUT2D eigenvalue weighted by Crippen LogP contribution is 2.21. The molecule has 2 rings (SSSR count). The Kier molecular flexibility index (Phi) is 8.13. The van der Waals surface area contributed by atoms with Crippen LogP contribution in [0.25, 0.3) is 0 Å². The summed E-state index contributed by atoms with van der Waals surface area (Å²) >= 11 is 0. The minimum absolute atomic E-state index is 0.00424. The summed E-state index contributed by atoms with van der Waals surface area (Å²) < 4.78 is 51.6. The van der Waals surface area contributed by atoms with Crippen LogP contribution in [-0.2, 0) is 21.2 Å². The molecule has 0 aliphatic rings. The van der Waals surface area contributed by atoms with Crippen molar-refractivity contribution in [1.29, 1.82) is 0 Å². The van der Waals surface area contributed by atoms with Gasteiger partial charge in [0, 0.05) is 25.1 Å². The number of benzene rings is 2. The van der Waals surface area contributed by atoms with Crippen LogP contribution >= 0.6 is 0 Å². The summed E-state index contributed by atoms with van der Waals surface area (Å²) in [6, 6.07) is 12.9. The number of sulfonamides is 1. The number of hydrogen-bond acceptors (Lipinski definition) is 3. The molecule has 0 heterocycles. The Morgan fingerprint density at radius 2 is 1.79 bits per heavy atom. The maximum absolute atomic E-state index is 13.5. The number of nitrogens with zero attached hydrogens (tertiary/aromatic N) is 1. The summed E-state index contributed by atoms with van der Waals surface area (Å²) in [6.07, 6.45) is 3.01. The average Bonchev–Trinajstić information content (AvgIpc) is 2.66. The first kappa shape index (κ1) is 22.8. The van der Waals surface area contributed by atoms with E-state index in [2.05, 4.69) is 5.32 Å². The predicted octanol–water partition coefficient (Wildman–Crippen LogP) is 3.65. The van der Waals surface area contributed by atoms with Crippen molar-refractivity contribution in [2.75, 3.05) is 17.1 Å². The first-order valence-electron chi connectivity index (χ1n) is 9.43. The average molecular weight is 425 g/mol. The molecule has 0 aromatic heterocycles. The second-order valence-electron chi connectivity index (χ2n) is 7.03. The zero-order valence-corrected chi connectivity index (χ0v) is 17.4. The highest BCUT2D eigenvalue weighted by Gasteiger charge is 2.19. The number of nitrogens with one attached hydrogen (secondary N) is 1. The minimum Gasteiger partial charge on any atom is -0.354 e. The van der Waals surface area contributed by atoms with Gasteiger partial charge in [0.05, 0.1) is 11.9 Å². The van der Waals surface area contributed by atoms with E-state index in [1.54, 1.807) is 0 Å². The summed E-state index contributed by atoms with van der Waals surface area (Å²) in [5.74, 6) is -2.35. The van der Waals surface area contributed by atoms with E-state index in [4.69, 9.17) is 0 Å². The van der Waals surface area contributed by atoms with Crippen molar-refractivity contribution in [3.05, 3.63) is 65.7 Å². The van der Waals surface area contributed by atoms with E-state index in [0.29, 0.717) is 0 Å². The largest absolute Gasteiger partial charge is 0.354 e. The number of carbonyl (C=O) groups is 1. The van der Waals surface area contributed by atoms with Crippen molar-refractivity contribution in [2.24, 2.45) is 0 Å². The van der Waals surface area contributed by atoms with E-state index in [1.165, 1.54) is 11.6 Å². The lowest BCUT2D eigenvalue weighted by atomic mass is 10.1. The summed E-state index contributed by atoms with van der Waals surface area (Å²) in [4.78, 5) is 12.1. The molecule has 0 spiro atoms. The van der Waals surface area contributed by atoms with Gasteiger partial charge in [-0.2, -0.15) is 0 Å². The molecule has 0 saturated carbocycles. The number of carbonyl (C=O) groups excluding carboxylic acids is 1. The Hall–Kier alpha value is -2.48. The highest BCUT2D eigenvalue weighted by atomic mass is 32.2. The van der Waals surface area contributed by atoms with E-state index < -0.39 is 21.7 Å². The van der Waals surface area contributed by atoms with Crippen LogP contribution in [0.3, 0.4) is 0 Å². The van der Waals surface area contributed by atoms with Crippen molar-refractivity contribution in [1.82, 2.24) is 5.32 Å². The van der Waals surface area contributed by atoms with Gasteiger partial charge in [-0.15, -0.1) is 0 Å². The van der Waals surface area contributed by atoms with Crippen molar-refractivity contribution in [2.45, 2.75) is 38.6 Å². The molecule has 1 atom stereocenters. The zero-order valence-electron chi connectivity index (χ0n) is 16.6. The Balaban J connectivity index is 1.83. The molecule has 0 aliphatic heterocycles. The van der Waals surface area contributed by atoms with Crippen LogP contribution in [0, 0.1) is 11.6 Å². The predicted molar refractivity (Wildman–Crippen MR) is 110 cm³/mol. The topological polar surface area (TPSA) is 66.5 Å². The third-order valence-electron chi connectivity index (χ3n) is 4.47. The number of amides is 1. The molecule has 0 bridgehead atoms. The number of hydrogen-bond donors (Lipinski definition) is 1. The maximum atomic E-state index is 13.5. The lowest BCUT2D eigenvalue weighted by Crippen LogP contribution is -2.35. The van der Waals surface area contributed by atoms with Crippen LogP contribution in [0.2, 0.25) is 0 Å². The smallest absolute Gasteiger partial charge is 0.232 e. The molecule has 1 amide bonds. The Bertz CT molecular complexity index is 921. The van der Waals surface area contributed by atoms with E-state index >= 15 is 0 Å². The van der Waals surface area contributed by atoms with Gasteiger partial charge >= 0.3 is 0 Å². The van der Waals surface area contributed by atoms with Gasteiger partial charge in [0.15, 0.2) is 11.6 Å². The summed E-state index contributed by atoms with van der Waals surface area (Å²) in [7, 11) is -3.70. The third kappa shape index (κ3) is 7.45. The molecular weight excluding hydrogens is 398 g/mol. The summed E-state index contributed by atoms with van der Waals surface area (Å²) in [6.45, 7) is 1.92. The fourth-order valence-electron chi connectivity index (χ4n) is 2.96. The fraction of sp³-hybridized carbons (Fsp3) is 0.381. The molecule has 1 N–H and O–H groups in total. The van der Waals surface area contributed by atoms with E-state index in [0.717, 1.165) is 35.5 Å². The van der Waals surface area contributed by atoms with Crippen molar-refractivity contribution < 1.29 is 22.0 Å². The SMILES string of the molecule is C[C@@H](CCc1ccccc1)NC(=O)CCCN(c1ccc(F)c(F)c1)S(C)(=O)=O. The Morgan fingerprint density at radius 3 is 2.41 bits per heavy atom. The molecule has 0 unspecified atom stereocenters. The molecule has 8 heteroatoms. The molecule has 0 fully saturated rings. The van der Waals surface area contributed by atoms with Crippen LogP contribution in [-0.4, -0.2) is 33.2 Å². The van der Waals surface area contributed by atoms with E-state index in [9.17, 15) is 22.0 Å². The number of anilines is 1. The second-order valence-corrected chi connectivity index (χ2v) is 8.94. The van der Waals surface area contributed by atoms with Gasteiger partial charge in [-0.1, -0.05) is 30.3 Å². The van der Waals surface area contributed by atoms with Crippen LogP contribution in [0.1, 0.15) is 31.7 Å². The van der Waals surface area contributed by atoms with Gasteiger partial charge in [-0.05, 0) is 43.9 Å². The molecule has 2 aromatic rings. The molecule has 0 aliphatic carbocycles. The van der Waals surface area contributed by atoms with Gasteiger partial charge < -0.3 is 5.32 Å². The molecule has 5 nitrogen and oxygen atoms in total. The number of aryl methyl sites for hydroxylation is 1. The van der Waals surface area contributed by atoms with E-state index in [-0.39, 0.29) is 37.0 Å². The summed E-state index contributed by atoms with van der Waals surface area (Å²) in [5, 5.41) is 2.90.